The molecule has 0 spiro atoms. The van der Waals surface area contributed by atoms with E-state index in [0.717, 1.165) is 0 Å². The Hall–Kier alpha value is -0.700. The summed E-state index contributed by atoms with van der Waals surface area (Å²) in [5.74, 6) is 0.394. The molecule has 0 saturated heterocycles. The van der Waals surface area contributed by atoms with Crippen LogP contribution in [0, 0.1) is 0 Å². The first kappa shape index (κ1) is 6.42. The van der Waals surface area contributed by atoms with Crippen LogP contribution in [0.2, 0.25) is 0 Å². The van der Waals surface area contributed by atoms with Gasteiger partial charge in [0.15, 0.2) is 0 Å². The van der Waals surface area contributed by atoms with Crippen LogP contribution in [-0.4, -0.2) is 9.59 Å². The Labute approximate surface area is 58.4 Å². The third-order valence-corrected chi connectivity index (χ3v) is 2.04. The van der Waals surface area contributed by atoms with Crippen LogP contribution in [0.3, 0.4) is 0 Å². The van der Waals surface area contributed by atoms with Gasteiger partial charge >= 0.3 is 0 Å². The van der Waals surface area contributed by atoms with Crippen molar-refractivity contribution in [3.8, 4) is 0 Å². The largest absolute Gasteiger partial charge is 0.146 e. The quantitative estimate of drug-likeness (QED) is 0.586. The molecule has 3 heteroatoms. The van der Waals surface area contributed by atoms with Crippen molar-refractivity contribution in [3.05, 3.63) is 23.7 Å². The van der Waals surface area contributed by atoms with Gasteiger partial charge in [-0.3, -0.25) is 0 Å². The lowest BCUT2D eigenvalue weighted by atomic mass is 10.2. The Morgan fingerprint density at radius 3 is 3.11 bits per heavy atom. The summed E-state index contributed by atoms with van der Waals surface area (Å²) in [4.78, 5) is 1.17. The van der Waals surface area contributed by atoms with Gasteiger partial charge in [0.05, 0.1) is 11.1 Å². The number of aromatic nitrogens is 2. The van der Waals surface area contributed by atoms with Crippen LogP contribution in [0.15, 0.2) is 18.9 Å². The molecular formula is C6H8N2S. The summed E-state index contributed by atoms with van der Waals surface area (Å²) in [6, 6.07) is 0. The highest BCUT2D eigenvalue weighted by Crippen LogP contribution is 2.16. The van der Waals surface area contributed by atoms with Gasteiger partial charge in [-0.25, -0.2) is 0 Å². The standard InChI is InChI=1S/C6H8N2S/c1-3-5(2)6-4-7-8-9-6/h3-5H,1H2,2H3. The number of hydrogen-bond donors (Lipinski definition) is 0. The molecule has 0 aromatic carbocycles. The average molecular weight is 140 g/mol. The number of hydrogen-bond acceptors (Lipinski definition) is 3. The van der Waals surface area contributed by atoms with Gasteiger partial charge in [0.25, 0.3) is 0 Å². The summed E-state index contributed by atoms with van der Waals surface area (Å²) in [5, 5.41) is 3.71. The predicted molar refractivity (Wildman–Crippen MR) is 38.5 cm³/mol. The molecule has 1 unspecified atom stereocenters. The fourth-order valence-electron chi connectivity index (χ4n) is 0.492. The van der Waals surface area contributed by atoms with E-state index < -0.39 is 0 Å². The number of allylic oxidation sites excluding steroid dienone is 1. The average Bonchev–Trinajstić information content (AvgIpc) is 2.37. The van der Waals surface area contributed by atoms with Crippen molar-refractivity contribution in [3.63, 3.8) is 0 Å². The SMILES string of the molecule is C=CC(C)c1cnns1. The van der Waals surface area contributed by atoms with Crippen molar-refractivity contribution >= 4 is 11.5 Å². The Morgan fingerprint density at radius 1 is 1.89 bits per heavy atom. The van der Waals surface area contributed by atoms with Crippen molar-refractivity contribution in [1.29, 1.82) is 0 Å². The van der Waals surface area contributed by atoms with E-state index in [2.05, 4.69) is 23.1 Å². The summed E-state index contributed by atoms with van der Waals surface area (Å²) >= 11 is 1.42. The van der Waals surface area contributed by atoms with Crippen LogP contribution in [-0.2, 0) is 0 Å². The van der Waals surface area contributed by atoms with Crippen molar-refractivity contribution in [2.75, 3.05) is 0 Å². The highest BCUT2D eigenvalue weighted by molar-refractivity contribution is 7.05. The first-order valence-electron chi connectivity index (χ1n) is 2.74. The Balaban J connectivity index is 2.76. The minimum Gasteiger partial charge on any atom is -0.146 e. The van der Waals surface area contributed by atoms with Crippen molar-refractivity contribution in [2.45, 2.75) is 12.8 Å². The topological polar surface area (TPSA) is 25.8 Å². The van der Waals surface area contributed by atoms with Crippen LogP contribution in [0.5, 0.6) is 0 Å². The lowest BCUT2D eigenvalue weighted by molar-refractivity contribution is 0.990. The Bertz CT molecular complexity index is 181. The Morgan fingerprint density at radius 2 is 2.67 bits per heavy atom. The van der Waals surface area contributed by atoms with Gasteiger partial charge in [-0.05, 0) is 11.5 Å². The lowest BCUT2D eigenvalue weighted by Crippen LogP contribution is -1.80. The fraction of sp³-hybridized carbons (Fsp3) is 0.333. The minimum atomic E-state index is 0.394. The van der Waals surface area contributed by atoms with Crippen LogP contribution in [0.25, 0.3) is 0 Å². The second-order valence-electron chi connectivity index (χ2n) is 1.84. The molecule has 2 nitrogen and oxygen atoms in total. The molecule has 0 bridgehead atoms. The zero-order chi connectivity index (χ0) is 6.69. The zero-order valence-corrected chi connectivity index (χ0v) is 6.06. The minimum absolute atomic E-state index is 0.394. The van der Waals surface area contributed by atoms with Gasteiger partial charge in [-0.2, -0.15) is 0 Å². The molecular weight excluding hydrogens is 132 g/mol. The van der Waals surface area contributed by atoms with Gasteiger partial charge in [0.1, 0.15) is 0 Å². The second kappa shape index (κ2) is 2.73. The molecule has 1 rings (SSSR count). The number of nitrogens with zero attached hydrogens (tertiary/aromatic N) is 2. The lowest BCUT2D eigenvalue weighted by Gasteiger charge is -1.95. The second-order valence-corrected chi connectivity index (χ2v) is 2.66. The van der Waals surface area contributed by atoms with Crippen molar-refractivity contribution in [1.82, 2.24) is 9.59 Å². The third-order valence-electron chi connectivity index (χ3n) is 1.18. The summed E-state index contributed by atoms with van der Waals surface area (Å²) < 4.78 is 3.74. The van der Waals surface area contributed by atoms with E-state index >= 15 is 0 Å². The summed E-state index contributed by atoms with van der Waals surface area (Å²) in [6.45, 7) is 5.74. The van der Waals surface area contributed by atoms with E-state index in [1.54, 1.807) is 6.20 Å². The van der Waals surface area contributed by atoms with Gasteiger partial charge < -0.3 is 0 Å². The third kappa shape index (κ3) is 1.36. The normalized spacial score (nSPS) is 13.0. The smallest absolute Gasteiger partial charge is 0.0659 e. The van der Waals surface area contributed by atoms with Gasteiger partial charge in [-0.15, -0.1) is 11.7 Å². The monoisotopic (exact) mass is 140 g/mol. The van der Waals surface area contributed by atoms with Crippen LogP contribution < -0.4 is 0 Å². The molecule has 9 heavy (non-hydrogen) atoms. The molecule has 1 heterocycles. The molecule has 0 fully saturated rings. The van der Waals surface area contributed by atoms with Crippen molar-refractivity contribution < 1.29 is 0 Å². The zero-order valence-electron chi connectivity index (χ0n) is 5.24. The molecule has 48 valence electrons. The first-order chi connectivity index (χ1) is 4.34. The maximum absolute atomic E-state index is 3.74. The summed E-state index contributed by atoms with van der Waals surface area (Å²) in [7, 11) is 0. The molecule has 1 aromatic rings. The molecule has 1 atom stereocenters. The molecule has 0 aliphatic heterocycles. The summed E-state index contributed by atoms with van der Waals surface area (Å²) in [5.41, 5.74) is 0. The highest BCUT2D eigenvalue weighted by Gasteiger charge is 2.01. The fourth-order valence-corrected chi connectivity index (χ4v) is 1.04. The Kier molecular flexibility index (Phi) is 1.95. The van der Waals surface area contributed by atoms with Crippen LogP contribution in [0.1, 0.15) is 17.7 Å². The van der Waals surface area contributed by atoms with Gasteiger partial charge in [0.2, 0.25) is 0 Å². The molecule has 0 saturated carbocycles. The van der Waals surface area contributed by atoms with E-state index in [-0.39, 0.29) is 0 Å². The van der Waals surface area contributed by atoms with E-state index in [4.69, 9.17) is 0 Å². The molecule has 0 aliphatic rings. The maximum atomic E-state index is 3.74. The highest BCUT2D eigenvalue weighted by atomic mass is 32.1. The van der Waals surface area contributed by atoms with E-state index in [1.165, 1.54) is 16.4 Å². The van der Waals surface area contributed by atoms with E-state index in [0.29, 0.717) is 5.92 Å². The first-order valence-corrected chi connectivity index (χ1v) is 3.51. The summed E-state index contributed by atoms with van der Waals surface area (Å²) in [6.07, 6.45) is 3.66. The van der Waals surface area contributed by atoms with Crippen molar-refractivity contribution in [2.24, 2.45) is 0 Å². The molecule has 0 amide bonds. The van der Waals surface area contributed by atoms with Crippen LogP contribution >= 0.6 is 11.5 Å². The van der Waals surface area contributed by atoms with E-state index in [1.807, 2.05) is 6.08 Å². The molecule has 1 aromatic heterocycles. The van der Waals surface area contributed by atoms with Crippen LogP contribution in [0.4, 0.5) is 0 Å². The van der Waals surface area contributed by atoms with Gasteiger partial charge in [0, 0.05) is 5.92 Å². The maximum Gasteiger partial charge on any atom is 0.0659 e. The molecule has 0 aliphatic carbocycles. The van der Waals surface area contributed by atoms with E-state index in [9.17, 15) is 0 Å². The molecule has 0 radical (unpaired) electrons. The molecule has 0 N–H and O–H groups in total. The predicted octanol–water partition coefficient (Wildman–Crippen LogP) is 1.83. The van der Waals surface area contributed by atoms with Gasteiger partial charge in [-0.1, -0.05) is 17.5 Å². The number of rotatable bonds is 2.